The second-order valence-corrected chi connectivity index (χ2v) is 4.87. The minimum Gasteiger partial charge on any atom is -0.454 e. The van der Waals surface area contributed by atoms with E-state index in [1.165, 1.54) is 12.1 Å². The molecule has 88 valence electrons. The molecule has 0 saturated carbocycles. The summed E-state index contributed by atoms with van der Waals surface area (Å²) < 4.78 is 39.9. The molecule has 0 spiro atoms. The highest BCUT2D eigenvalue weighted by molar-refractivity contribution is 7.85. The second kappa shape index (κ2) is 3.93. The Balaban J connectivity index is 2.21. The maximum absolute atomic E-state index is 10.6. The van der Waals surface area contributed by atoms with Crippen LogP contribution in [0.1, 0.15) is 11.7 Å². The number of aliphatic hydroxyl groups excluding tert-OH is 1. The molecule has 1 atom stereocenters. The summed E-state index contributed by atoms with van der Waals surface area (Å²) in [6, 6.07) is 4.58. The molecule has 0 aliphatic carbocycles. The molecule has 1 aliphatic rings. The summed E-state index contributed by atoms with van der Waals surface area (Å²) in [5, 5.41) is 9.55. The lowest BCUT2D eigenvalue weighted by Gasteiger charge is -2.09. The van der Waals surface area contributed by atoms with Crippen LogP contribution in [0.3, 0.4) is 0 Å². The average molecular weight is 246 g/mol. The first kappa shape index (κ1) is 11.2. The van der Waals surface area contributed by atoms with E-state index in [-0.39, 0.29) is 6.79 Å². The Bertz CT molecular complexity index is 495. The van der Waals surface area contributed by atoms with Crippen LogP contribution in [0.15, 0.2) is 18.2 Å². The number of benzene rings is 1. The van der Waals surface area contributed by atoms with Crippen molar-refractivity contribution in [1.29, 1.82) is 0 Å². The third-order valence-corrected chi connectivity index (χ3v) is 2.89. The van der Waals surface area contributed by atoms with Crippen molar-refractivity contribution >= 4 is 10.1 Å². The molecule has 0 aromatic heterocycles. The van der Waals surface area contributed by atoms with Gasteiger partial charge in [-0.25, -0.2) is 0 Å². The molecular formula is C9H10O6S. The molecule has 0 saturated heterocycles. The van der Waals surface area contributed by atoms with Crippen molar-refractivity contribution in [2.24, 2.45) is 0 Å². The van der Waals surface area contributed by atoms with Gasteiger partial charge in [-0.3, -0.25) is 4.55 Å². The van der Waals surface area contributed by atoms with Crippen molar-refractivity contribution in [3.8, 4) is 11.5 Å². The Kier molecular flexibility index (Phi) is 2.75. The average Bonchev–Trinajstić information content (AvgIpc) is 2.61. The van der Waals surface area contributed by atoms with Crippen LogP contribution in [0.25, 0.3) is 0 Å². The quantitative estimate of drug-likeness (QED) is 0.747. The van der Waals surface area contributed by atoms with E-state index in [1.807, 2.05) is 0 Å². The standard InChI is InChI=1S/C9H10O6S/c10-7(4-16(11,12)13)6-1-2-8-9(3-6)15-5-14-8/h1-3,7,10H,4-5H2,(H,11,12,13). The highest BCUT2D eigenvalue weighted by Crippen LogP contribution is 2.34. The monoisotopic (exact) mass is 246 g/mol. The number of aliphatic hydroxyl groups is 1. The van der Waals surface area contributed by atoms with E-state index in [2.05, 4.69) is 0 Å². The van der Waals surface area contributed by atoms with Gasteiger partial charge in [0.25, 0.3) is 10.1 Å². The fraction of sp³-hybridized carbons (Fsp3) is 0.333. The summed E-state index contributed by atoms with van der Waals surface area (Å²) in [5.41, 5.74) is 0.349. The minimum absolute atomic E-state index is 0.104. The first-order chi connectivity index (χ1) is 7.46. The van der Waals surface area contributed by atoms with Crippen LogP contribution < -0.4 is 9.47 Å². The fourth-order valence-electron chi connectivity index (χ4n) is 1.42. The summed E-state index contributed by atoms with van der Waals surface area (Å²) in [7, 11) is -4.21. The van der Waals surface area contributed by atoms with Crippen molar-refractivity contribution in [1.82, 2.24) is 0 Å². The lowest BCUT2D eigenvalue weighted by molar-refractivity contribution is 0.173. The summed E-state index contributed by atoms with van der Waals surface area (Å²) in [6.45, 7) is 0.104. The van der Waals surface area contributed by atoms with Crippen molar-refractivity contribution in [2.75, 3.05) is 12.5 Å². The maximum atomic E-state index is 10.6. The van der Waals surface area contributed by atoms with Gasteiger partial charge in [-0.15, -0.1) is 0 Å². The number of ether oxygens (including phenoxy) is 2. The largest absolute Gasteiger partial charge is 0.454 e. The van der Waals surface area contributed by atoms with Crippen LogP contribution in [0.4, 0.5) is 0 Å². The van der Waals surface area contributed by atoms with Crippen molar-refractivity contribution in [2.45, 2.75) is 6.10 Å². The number of fused-ring (bicyclic) bond motifs is 1. The molecule has 1 heterocycles. The summed E-state index contributed by atoms with van der Waals surface area (Å²) in [6.07, 6.45) is -1.29. The molecule has 2 rings (SSSR count). The summed E-state index contributed by atoms with van der Waals surface area (Å²) >= 11 is 0. The normalized spacial score (nSPS) is 16.1. The van der Waals surface area contributed by atoms with Crippen LogP contribution in [0.5, 0.6) is 11.5 Å². The molecular weight excluding hydrogens is 236 g/mol. The van der Waals surface area contributed by atoms with E-state index in [0.29, 0.717) is 17.1 Å². The zero-order chi connectivity index (χ0) is 11.8. The first-order valence-electron chi connectivity index (χ1n) is 4.48. The molecule has 0 radical (unpaired) electrons. The summed E-state index contributed by atoms with van der Waals surface area (Å²) in [4.78, 5) is 0. The topological polar surface area (TPSA) is 93.1 Å². The minimum atomic E-state index is -4.21. The second-order valence-electron chi connectivity index (χ2n) is 3.38. The van der Waals surface area contributed by atoms with Crippen LogP contribution in [0.2, 0.25) is 0 Å². The lowest BCUT2D eigenvalue weighted by atomic mass is 10.1. The Morgan fingerprint density at radius 3 is 2.69 bits per heavy atom. The van der Waals surface area contributed by atoms with Gasteiger partial charge >= 0.3 is 0 Å². The van der Waals surface area contributed by atoms with Gasteiger partial charge in [-0.05, 0) is 17.7 Å². The molecule has 2 N–H and O–H groups in total. The zero-order valence-corrected chi connectivity index (χ0v) is 8.98. The Hall–Kier alpha value is -1.31. The maximum Gasteiger partial charge on any atom is 0.267 e. The predicted molar refractivity (Wildman–Crippen MR) is 53.9 cm³/mol. The molecule has 16 heavy (non-hydrogen) atoms. The van der Waals surface area contributed by atoms with Gasteiger partial charge in [0, 0.05) is 0 Å². The number of hydrogen-bond donors (Lipinski definition) is 2. The molecule has 6 nitrogen and oxygen atoms in total. The van der Waals surface area contributed by atoms with Gasteiger partial charge in [-0.2, -0.15) is 8.42 Å². The first-order valence-corrected chi connectivity index (χ1v) is 6.09. The van der Waals surface area contributed by atoms with Crippen LogP contribution in [-0.2, 0) is 10.1 Å². The van der Waals surface area contributed by atoms with Gasteiger partial charge in [0.1, 0.15) is 5.75 Å². The highest BCUT2D eigenvalue weighted by Gasteiger charge is 2.20. The van der Waals surface area contributed by atoms with Crippen molar-refractivity contribution in [3.05, 3.63) is 23.8 Å². The fourth-order valence-corrected chi connectivity index (χ4v) is 2.01. The number of rotatable bonds is 3. The van der Waals surface area contributed by atoms with E-state index in [4.69, 9.17) is 14.0 Å². The van der Waals surface area contributed by atoms with Gasteiger partial charge < -0.3 is 14.6 Å². The molecule has 0 amide bonds. The van der Waals surface area contributed by atoms with Crippen LogP contribution >= 0.6 is 0 Å². The van der Waals surface area contributed by atoms with Gasteiger partial charge in [0.2, 0.25) is 6.79 Å². The van der Waals surface area contributed by atoms with E-state index in [1.54, 1.807) is 6.07 Å². The van der Waals surface area contributed by atoms with Gasteiger partial charge in [0.15, 0.2) is 11.5 Å². The van der Waals surface area contributed by atoms with E-state index < -0.39 is 22.0 Å². The Morgan fingerprint density at radius 2 is 2.00 bits per heavy atom. The highest BCUT2D eigenvalue weighted by atomic mass is 32.2. The van der Waals surface area contributed by atoms with E-state index in [0.717, 1.165) is 0 Å². The number of hydrogen-bond acceptors (Lipinski definition) is 5. The molecule has 0 fully saturated rings. The summed E-state index contributed by atoms with van der Waals surface area (Å²) in [5.74, 6) is 0.252. The third kappa shape index (κ3) is 2.43. The Labute approximate surface area is 92.2 Å². The van der Waals surface area contributed by atoms with Crippen molar-refractivity contribution in [3.63, 3.8) is 0 Å². The molecule has 1 aromatic carbocycles. The zero-order valence-electron chi connectivity index (χ0n) is 8.16. The van der Waals surface area contributed by atoms with Crippen LogP contribution in [0, 0.1) is 0 Å². The lowest BCUT2D eigenvalue weighted by Crippen LogP contribution is -2.13. The SMILES string of the molecule is O=S(=O)(O)CC(O)c1ccc2c(c1)OCO2. The molecule has 1 aliphatic heterocycles. The molecule has 7 heteroatoms. The van der Waals surface area contributed by atoms with Gasteiger partial charge in [-0.1, -0.05) is 6.07 Å². The Morgan fingerprint density at radius 1 is 1.31 bits per heavy atom. The van der Waals surface area contributed by atoms with E-state index >= 15 is 0 Å². The smallest absolute Gasteiger partial charge is 0.267 e. The van der Waals surface area contributed by atoms with E-state index in [9.17, 15) is 13.5 Å². The van der Waals surface area contributed by atoms with Gasteiger partial charge in [0.05, 0.1) is 6.10 Å². The van der Waals surface area contributed by atoms with Crippen molar-refractivity contribution < 1.29 is 27.6 Å². The third-order valence-electron chi connectivity index (χ3n) is 2.15. The molecule has 1 aromatic rings. The van der Waals surface area contributed by atoms with Crippen LogP contribution in [-0.4, -0.2) is 30.6 Å². The molecule has 0 bridgehead atoms. The molecule has 1 unspecified atom stereocenters. The predicted octanol–water partition coefficient (Wildman–Crippen LogP) is 0.337.